The van der Waals surface area contributed by atoms with E-state index in [4.69, 9.17) is 5.73 Å². The Morgan fingerprint density at radius 2 is 1.65 bits per heavy atom. The summed E-state index contributed by atoms with van der Waals surface area (Å²) in [7, 11) is 3.24. The average molecular weight is 547 g/mol. The molecule has 2 aliphatic rings. The monoisotopic (exact) mass is 546 g/mol. The van der Waals surface area contributed by atoms with E-state index in [0.717, 1.165) is 36.0 Å². The van der Waals surface area contributed by atoms with Gasteiger partial charge in [0, 0.05) is 39.1 Å². The van der Waals surface area contributed by atoms with Crippen LogP contribution in [0.25, 0.3) is 11.1 Å². The number of hydrogen-bond acceptors (Lipinski definition) is 5. The Hall–Kier alpha value is -3.49. The average Bonchev–Trinajstić information content (AvgIpc) is 2.95. The summed E-state index contributed by atoms with van der Waals surface area (Å²) in [6.07, 6.45) is 7.99. The summed E-state index contributed by atoms with van der Waals surface area (Å²) in [6, 6.07) is 17.3. The van der Waals surface area contributed by atoms with Gasteiger partial charge < -0.3 is 25.5 Å². The number of carbonyl (C=O) groups is 3. The van der Waals surface area contributed by atoms with Crippen LogP contribution < -0.4 is 5.73 Å². The van der Waals surface area contributed by atoms with Crippen LogP contribution in [0.3, 0.4) is 0 Å². The highest BCUT2D eigenvalue weighted by Gasteiger charge is 2.33. The molecule has 0 spiro atoms. The minimum Gasteiger partial charge on any atom is -0.393 e. The van der Waals surface area contributed by atoms with Gasteiger partial charge in [-0.05, 0) is 61.3 Å². The maximum Gasteiger partial charge on any atom is 0.246 e. The van der Waals surface area contributed by atoms with Gasteiger partial charge in [0.1, 0.15) is 6.04 Å². The SMILES string of the molecule is CN(CC(=O)N1CCC(O)CC1)C(=O)[C@@H](Cc1ccc(-c2ccccc2)cc1)N(C)C(=O)/C=C/CC1(N)CCC1. The molecular formula is C32H42N4O4. The minimum atomic E-state index is -0.781. The zero-order valence-electron chi connectivity index (χ0n) is 23.7. The predicted molar refractivity (Wildman–Crippen MR) is 156 cm³/mol. The molecule has 3 amide bonds. The quantitative estimate of drug-likeness (QED) is 0.446. The molecular weight excluding hydrogens is 504 g/mol. The van der Waals surface area contributed by atoms with E-state index in [0.29, 0.717) is 38.8 Å². The molecule has 8 heteroatoms. The predicted octanol–water partition coefficient (Wildman–Crippen LogP) is 2.99. The van der Waals surface area contributed by atoms with E-state index in [2.05, 4.69) is 0 Å². The molecule has 3 N–H and O–H groups in total. The molecule has 1 aliphatic carbocycles. The molecule has 1 saturated heterocycles. The molecule has 2 fully saturated rings. The molecule has 40 heavy (non-hydrogen) atoms. The van der Waals surface area contributed by atoms with Crippen molar-refractivity contribution in [3.63, 3.8) is 0 Å². The highest BCUT2D eigenvalue weighted by Crippen LogP contribution is 2.32. The fourth-order valence-corrected chi connectivity index (χ4v) is 5.33. The number of benzene rings is 2. The molecule has 1 heterocycles. The molecule has 214 valence electrons. The van der Waals surface area contributed by atoms with E-state index in [9.17, 15) is 19.5 Å². The number of likely N-dealkylation sites (tertiary alicyclic amines) is 1. The van der Waals surface area contributed by atoms with E-state index in [1.807, 2.05) is 60.7 Å². The molecule has 8 nitrogen and oxygen atoms in total. The second kappa shape index (κ2) is 13.2. The van der Waals surface area contributed by atoms with Crippen molar-refractivity contribution in [3.8, 4) is 11.1 Å². The summed E-state index contributed by atoms with van der Waals surface area (Å²) in [5, 5.41) is 9.76. The molecule has 1 aliphatic heterocycles. The van der Waals surface area contributed by atoms with Crippen LogP contribution in [0.4, 0.5) is 0 Å². The van der Waals surface area contributed by atoms with Gasteiger partial charge in [0.25, 0.3) is 0 Å². The fraction of sp³-hybridized carbons (Fsp3) is 0.469. The van der Waals surface area contributed by atoms with Crippen LogP contribution in [0.5, 0.6) is 0 Å². The second-order valence-electron chi connectivity index (χ2n) is 11.4. The Labute approximate surface area is 237 Å². The van der Waals surface area contributed by atoms with Crippen molar-refractivity contribution >= 4 is 17.7 Å². The molecule has 1 atom stereocenters. The smallest absolute Gasteiger partial charge is 0.246 e. The van der Waals surface area contributed by atoms with Gasteiger partial charge in [0.2, 0.25) is 17.7 Å². The molecule has 2 aromatic carbocycles. The second-order valence-corrected chi connectivity index (χ2v) is 11.4. The van der Waals surface area contributed by atoms with E-state index in [1.54, 1.807) is 19.0 Å². The lowest BCUT2D eigenvalue weighted by molar-refractivity contribution is -0.145. The first-order valence-corrected chi connectivity index (χ1v) is 14.2. The van der Waals surface area contributed by atoms with Crippen molar-refractivity contribution in [1.82, 2.24) is 14.7 Å². The Kier molecular flexibility index (Phi) is 9.76. The number of amides is 3. The van der Waals surface area contributed by atoms with Gasteiger partial charge in [-0.25, -0.2) is 0 Å². The summed E-state index contributed by atoms with van der Waals surface area (Å²) >= 11 is 0. The number of nitrogens with two attached hydrogens (primary N) is 1. The van der Waals surface area contributed by atoms with Gasteiger partial charge in [0.05, 0.1) is 12.6 Å². The van der Waals surface area contributed by atoms with E-state index < -0.39 is 6.04 Å². The molecule has 0 unspecified atom stereocenters. The number of likely N-dealkylation sites (N-methyl/N-ethyl adjacent to an activating group) is 2. The van der Waals surface area contributed by atoms with Gasteiger partial charge in [-0.1, -0.05) is 60.7 Å². The first-order valence-electron chi connectivity index (χ1n) is 14.2. The van der Waals surface area contributed by atoms with Crippen LogP contribution in [0.2, 0.25) is 0 Å². The normalized spacial score (nSPS) is 17.8. The summed E-state index contributed by atoms with van der Waals surface area (Å²) in [4.78, 5) is 44.3. The van der Waals surface area contributed by atoms with Crippen LogP contribution in [-0.2, 0) is 20.8 Å². The maximum atomic E-state index is 13.7. The first-order chi connectivity index (χ1) is 19.1. The number of nitrogens with zero attached hydrogens (tertiary/aromatic N) is 3. The fourth-order valence-electron chi connectivity index (χ4n) is 5.33. The third-order valence-electron chi connectivity index (χ3n) is 8.29. The summed E-state index contributed by atoms with van der Waals surface area (Å²) in [5.74, 6) is -0.723. The Balaban J connectivity index is 1.47. The Morgan fingerprint density at radius 3 is 2.25 bits per heavy atom. The number of rotatable bonds is 10. The minimum absolute atomic E-state index is 0.0774. The van der Waals surface area contributed by atoms with Crippen LogP contribution in [0, 0.1) is 0 Å². The van der Waals surface area contributed by atoms with Gasteiger partial charge in [-0.15, -0.1) is 0 Å². The van der Waals surface area contributed by atoms with E-state index in [-0.39, 0.29) is 35.9 Å². The third-order valence-corrected chi connectivity index (χ3v) is 8.29. The lowest BCUT2D eigenvalue weighted by Crippen LogP contribution is -2.52. The number of aliphatic hydroxyl groups excluding tert-OH is 1. The highest BCUT2D eigenvalue weighted by molar-refractivity contribution is 5.94. The van der Waals surface area contributed by atoms with Crippen LogP contribution in [-0.4, -0.2) is 88.9 Å². The molecule has 0 radical (unpaired) electrons. The maximum absolute atomic E-state index is 13.7. The summed E-state index contributed by atoms with van der Waals surface area (Å²) < 4.78 is 0. The topological polar surface area (TPSA) is 107 Å². The standard InChI is InChI=1S/C32H42N4O4/c1-34(23-30(39)36-20-15-27(37)16-21-36)31(40)28(35(2)29(38)10-6-17-32(33)18-7-19-32)22-24-11-13-26(14-12-24)25-8-4-3-5-9-25/h3-6,8-14,27-28,37H,7,15-23,33H2,1-2H3/b10-6+/t28-/m1/s1. The lowest BCUT2D eigenvalue weighted by Gasteiger charge is -2.37. The van der Waals surface area contributed by atoms with Crippen LogP contribution >= 0.6 is 0 Å². The summed E-state index contributed by atoms with van der Waals surface area (Å²) in [5.41, 5.74) is 9.16. The highest BCUT2D eigenvalue weighted by atomic mass is 16.3. The van der Waals surface area contributed by atoms with Crippen LogP contribution in [0.1, 0.15) is 44.1 Å². The molecule has 1 saturated carbocycles. The van der Waals surface area contributed by atoms with Crippen LogP contribution in [0.15, 0.2) is 66.7 Å². The van der Waals surface area contributed by atoms with Gasteiger partial charge in [0.15, 0.2) is 0 Å². The van der Waals surface area contributed by atoms with Crippen molar-refractivity contribution in [2.24, 2.45) is 5.73 Å². The molecule has 0 aromatic heterocycles. The first kappa shape index (κ1) is 29.5. The number of piperidine rings is 1. The van der Waals surface area contributed by atoms with E-state index in [1.165, 1.54) is 15.9 Å². The van der Waals surface area contributed by atoms with Gasteiger partial charge >= 0.3 is 0 Å². The van der Waals surface area contributed by atoms with Gasteiger partial charge in [-0.3, -0.25) is 14.4 Å². The molecule has 2 aromatic rings. The number of hydrogen-bond donors (Lipinski definition) is 2. The van der Waals surface area contributed by atoms with E-state index >= 15 is 0 Å². The third kappa shape index (κ3) is 7.58. The Bertz CT molecular complexity index is 1190. The zero-order valence-corrected chi connectivity index (χ0v) is 23.7. The van der Waals surface area contributed by atoms with Crippen molar-refractivity contribution in [2.45, 2.75) is 62.6 Å². The molecule has 0 bridgehead atoms. The molecule has 4 rings (SSSR count). The zero-order chi connectivity index (χ0) is 28.7. The van der Waals surface area contributed by atoms with Crippen molar-refractivity contribution in [3.05, 3.63) is 72.3 Å². The lowest BCUT2D eigenvalue weighted by atomic mass is 9.75. The number of aliphatic hydroxyl groups is 1. The van der Waals surface area contributed by atoms with Gasteiger partial charge in [-0.2, -0.15) is 0 Å². The van der Waals surface area contributed by atoms with Crippen molar-refractivity contribution < 1.29 is 19.5 Å². The number of carbonyl (C=O) groups excluding carboxylic acids is 3. The largest absolute Gasteiger partial charge is 0.393 e. The Morgan fingerprint density at radius 1 is 1.02 bits per heavy atom. The van der Waals surface area contributed by atoms with Crippen molar-refractivity contribution in [1.29, 1.82) is 0 Å². The van der Waals surface area contributed by atoms with Crippen molar-refractivity contribution in [2.75, 3.05) is 33.7 Å². The summed E-state index contributed by atoms with van der Waals surface area (Å²) in [6.45, 7) is 0.877.